The van der Waals surface area contributed by atoms with Crippen LogP contribution in [0, 0.1) is 0 Å². The number of benzene rings is 1. The number of imidazole rings is 1. The van der Waals surface area contributed by atoms with E-state index in [1.54, 1.807) is 4.57 Å². The number of alkyl halides is 3. The quantitative estimate of drug-likeness (QED) is 0.743. The fraction of sp³-hybridized carbons (Fsp3) is 0.267. The van der Waals surface area contributed by atoms with Crippen molar-refractivity contribution in [3.8, 4) is 0 Å². The number of nitrogens with zero attached hydrogens (tertiary/aromatic N) is 3. The van der Waals surface area contributed by atoms with E-state index in [2.05, 4.69) is 9.97 Å². The Labute approximate surface area is 128 Å². The van der Waals surface area contributed by atoms with E-state index in [1.165, 1.54) is 18.5 Å². The van der Waals surface area contributed by atoms with Crippen LogP contribution in [0.1, 0.15) is 23.9 Å². The average molecular weight is 323 g/mol. The normalized spacial score (nSPS) is 12.0. The molecule has 0 unspecified atom stereocenters. The number of hydrogen-bond acceptors (Lipinski definition) is 4. The summed E-state index contributed by atoms with van der Waals surface area (Å²) in [5.74, 6) is 0.0528. The predicted molar refractivity (Wildman–Crippen MR) is 76.0 cm³/mol. The fourth-order valence-electron chi connectivity index (χ4n) is 2.27. The molecule has 0 amide bonds. The summed E-state index contributed by atoms with van der Waals surface area (Å²) in [6.07, 6.45) is -2.96. The zero-order chi connectivity index (χ0) is 16.6. The highest BCUT2D eigenvalue weighted by Crippen LogP contribution is 2.29. The maximum absolute atomic E-state index is 12.7. The van der Waals surface area contributed by atoms with Crippen molar-refractivity contribution in [2.75, 3.05) is 0 Å². The third kappa shape index (κ3) is 2.96. The van der Waals surface area contributed by atoms with E-state index in [0.29, 0.717) is 17.8 Å². The van der Waals surface area contributed by atoms with Crippen LogP contribution in [0.2, 0.25) is 0 Å². The summed E-state index contributed by atoms with van der Waals surface area (Å²) in [5.41, 5.74) is -0.566. The Kier molecular flexibility index (Phi) is 3.67. The monoisotopic (exact) mass is 323 g/mol. The number of aryl methyl sites for hydroxylation is 1. The minimum Gasteiger partial charge on any atom is -0.406 e. The molecule has 8 heteroatoms. The fourth-order valence-corrected chi connectivity index (χ4v) is 2.27. The molecule has 3 rings (SSSR count). The molecule has 0 aliphatic rings. The van der Waals surface area contributed by atoms with Crippen molar-refractivity contribution in [1.82, 2.24) is 14.5 Å². The Morgan fingerprint density at radius 1 is 1.30 bits per heavy atom. The minimum atomic E-state index is -4.42. The van der Waals surface area contributed by atoms with Crippen LogP contribution in [0.3, 0.4) is 0 Å². The Morgan fingerprint density at radius 2 is 2.09 bits per heavy atom. The van der Waals surface area contributed by atoms with Crippen molar-refractivity contribution in [3.05, 3.63) is 58.0 Å². The molecule has 0 bridgehead atoms. The second-order valence-corrected chi connectivity index (χ2v) is 4.97. The highest BCUT2D eigenvalue weighted by atomic mass is 19.4. The van der Waals surface area contributed by atoms with Crippen LogP contribution in [0.15, 0.2) is 39.8 Å². The molecular weight excluding hydrogens is 311 g/mol. The largest absolute Gasteiger partial charge is 0.416 e. The van der Waals surface area contributed by atoms with E-state index in [4.69, 9.17) is 4.42 Å². The molecule has 2 aromatic heterocycles. The van der Waals surface area contributed by atoms with Crippen molar-refractivity contribution >= 4 is 11.2 Å². The summed E-state index contributed by atoms with van der Waals surface area (Å²) in [5, 5.41) is 0. The Morgan fingerprint density at radius 3 is 2.78 bits per heavy atom. The second kappa shape index (κ2) is 5.53. The van der Waals surface area contributed by atoms with Gasteiger partial charge in [0.1, 0.15) is 0 Å². The zero-order valence-electron chi connectivity index (χ0n) is 12.1. The Bertz CT molecular complexity index is 912. The number of rotatable bonds is 3. The van der Waals surface area contributed by atoms with Crippen molar-refractivity contribution in [2.45, 2.75) is 26.1 Å². The molecule has 0 spiro atoms. The first kappa shape index (κ1) is 15.3. The topological polar surface area (TPSA) is 60.9 Å². The van der Waals surface area contributed by atoms with Crippen LogP contribution in [0.4, 0.5) is 13.2 Å². The average Bonchev–Trinajstić information content (AvgIpc) is 2.90. The lowest BCUT2D eigenvalue weighted by Gasteiger charge is -2.08. The third-order valence-electron chi connectivity index (χ3n) is 3.39. The van der Waals surface area contributed by atoms with Gasteiger partial charge < -0.3 is 8.98 Å². The van der Waals surface area contributed by atoms with Gasteiger partial charge in [0.25, 0.3) is 0 Å². The van der Waals surface area contributed by atoms with Gasteiger partial charge in [-0.15, -0.1) is 0 Å². The van der Waals surface area contributed by atoms with Crippen LogP contribution in [-0.4, -0.2) is 14.5 Å². The van der Waals surface area contributed by atoms with Gasteiger partial charge in [-0.05, 0) is 18.6 Å². The van der Waals surface area contributed by atoms with E-state index < -0.39 is 17.4 Å². The van der Waals surface area contributed by atoms with Gasteiger partial charge in [0.05, 0.1) is 11.9 Å². The van der Waals surface area contributed by atoms with Crippen LogP contribution in [0.25, 0.3) is 11.2 Å². The molecule has 0 atom stereocenters. The van der Waals surface area contributed by atoms with Crippen molar-refractivity contribution in [3.63, 3.8) is 0 Å². The summed E-state index contributed by atoms with van der Waals surface area (Å²) in [6, 6.07) is 4.84. The van der Waals surface area contributed by atoms with Gasteiger partial charge in [-0.25, -0.2) is 9.78 Å². The molecule has 2 heterocycles. The third-order valence-corrected chi connectivity index (χ3v) is 3.39. The van der Waals surface area contributed by atoms with Gasteiger partial charge >= 0.3 is 11.8 Å². The lowest BCUT2D eigenvalue weighted by molar-refractivity contribution is -0.137. The first-order valence-corrected chi connectivity index (χ1v) is 6.89. The van der Waals surface area contributed by atoms with Gasteiger partial charge in [0.15, 0.2) is 11.2 Å². The summed E-state index contributed by atoms with van der Waals surface area (Å²) < 4.78 is 44.9. The van der Waals surface area contributed by atoms with Crippen molar-refractivity contribution in [1.29, 1.82) is 0 Å². The molecule has 0 fully saturated rings. The summed E-state index contributed by atoms with van der Waals surface area (Å²) >= 11 is 0. The highest BCUT2D eigenvalue weighted by Gasteiger charge is 2.30. The lowest BCUT2D eigenvalue weighted by atomic mass is 10.1. The molecule has 5 nitrogen and oxygen atoms in total. The Balaban J connectivity index is 2.00. The minimum absolute atomic E-state index is 0.00993. The van der Waals surface area contributed by atoms with Crippen molar-refractivity contribution in [2.24, 2.45) is 0 Å². The lowest BCUT2D eigenvalue weighted by Crippen LogP contribution is -2.08. The molecule has 0 aliphatic carbocycles. The van der Waals surface area contributed by atoms with Gasteiger partial charge in [-0.1, -0.05) is 18.2 Å². The zero-order valence-corrected chi connectivity index (χ0v) is 12.1. The van der Waals surface area contributed by atoms with E-state index in [-0.39, 0.29) is 17.8 Å². The molecule has 3 aromatic rings. The first-order chi connectivity index (χ1) is 10.9. The summed E-state index contributed by atoms with van der Waals surface area (Å²) in [7, 11) is 0. The van der Waals surface area contributed by atoms with Gasteiger partial charge in [0, 0.05) is 13.0 Å². The number of fused-ring (bicyclic) bond motifs is 1. The maximum atomic E-state index is 12.7. The standard InChI is InChI=1S/C15H12F3N3O2/c1-2-21-8-19-12-13(21)20-11(23-14(12)22)7-9-4-3-5-10(6-9)15(16,17)18/h3-6,8H,2,7H2,1H3. The van der Waals surface area contributed by atoms with Gasteiger partial charge in [0.2, 0.25) is 5.89 Å². The molecule has 1 aromatic carbocycles. The molecule has 0 saturated heterocycles. The van der Waals surface area contributed by atoms with Crippen LogP contribution in [0.5, 0.6) is 0 Å². The van der Waals surface area contributed by atoms with Gasteiger partial charge in [-0.2, -0.15) is 18.2 Å². The first-order valence-electron chi connectivity index (χ1n) is 6.89. The van der Waals surface area contributed by atoms with Crippen LogP contribution < -0.4 is 5.63 Å². The van der Waals surface area contributed by atoms with E-state index in [9.17, 15) is 18.0 Å². The van der Waals surface area contributed by atoms with E-state index in [1.807, 2.05) is 6.92 Å². The van der Waals surface area contributed by atoms with Crippen molar-refractivity contribution < 1.29 is 17.6 Å². The molecule has 0 saturated carbocycles. The van der Waals surface area contributed by atoms with Crippen LogP contribution >= 0.6 is 0 Å². The molecular formula is C15H12F3N3O2. The molecule has 0 radical (unpaired) electrons. The van der Waals surface area contributed by atoms with E-state index in [0.717, 1.165) is 12.1 Å². The number of aromatic nitrogens is 3. The second-order valence-electron chi connectivity index (χ2n) is 4.97. The molecule has 0 N–H and O–H groups in total. The Hall–Kier alpha value is -2.64. The number of hydrogen-bond donors (Lipinski definition) is 0. The van der Waals surface area contributed by atoms with Gasteiger partial charge in [-0.3, -0.25) is 0 Å². The smallest absolute Gasteiger partial charge is 0.406 e. The highest BCUT2D eigenvalue weighted by molar-refractivity contribution is 5.68. The number of halogens is 3. The van der Waals surface area contributed by atoms with Crippen LogP contribution in [-0.2, 0) is 19.1 Å². The molecule has 0 aliphatic heterocycles. The summed E-state index contributed by atoms with van der Waals surface area (Å²) in [6.45, 7) is 2.43. The SMILES string of the molecule is CCn1cnc2c(=O)oc(Cc3cccc(C(F)(F)F)c3)nc21. The van der Waals surface area contributed by atoms with E-state index >= 15 is 0 Å². The molecule has 23 heavy (non-hydrogen) atoms. The summed E-state index contributed by atoms with van der Waals surface area (Å²) in [4.78, 5) is 20.0. The predicted octanol–water partition coefficient (Wildman–Crippen LogP) is 3.01. The maximum Gasteiger partial charge on any atom is 0.416 e. The molecule has 120 valence electrons.